The number of ketones is 1. The number of benzene rings is 3. The Kier molecular flexibility index (Phi) is 8.48. The zero-order valence-electron chi connectivity index (χ0n) is 21.6. The highest BCUT2D eigenvalue weighted by Crippen LogP contribution is 2.43. The number of likely N-dealkylation sites (tertiary alicyclic amines) is 1. The van der Waals surface area contributed by atoms with E-state index in [-0.39, 0.29) is 17.9 Å². The molecule has 1 amide bonds. The van der Waals surface area contributed by atoms with Crippen LogP contribution in [-0.4, -0.2) is 41.5 Å². The summed E-state index contributed by atoms with van der Waals surface area (Å²) in [5.74, 6) is -0.0581. The summed E-state index contributed by atoms with van der Waals surface area (Å²) >= 11 is 0. The van der Waals surface area contributed by atoms with Gasteiger partial charge in [-0.05, 0) is 61.4 Å². The highest BCUT2D eigenvalue weighted by molar-refractivity contribution is 6.46. The van der Waals surface area contributed by atoms with Gasteiger partial charge in [0.15, 0.2) is 11.5 Å². The van der Waals surface area contributed by atoms with Gasteiger partial charge in [0, 0.05) is 12.1 Å². The fourth-order valence-electron chi connectivity index (χ4n) is 4.43. The number of Topliss-reactive ketones (excluding diaryl/α,β-unsaturated/α-hetero) is 1. The lowest BCUT2D eigenvalue weighted by Gasteiger charge is -2.26. The highest BCUT2D eigenvalue weighted by Gasteiger charge is 2.46. The maximum atomic E-state index is 13.4. The van der Waals surface area contributed by atoms with Gasteiger partial charge in [-0.2, -0.15) is 0 Å². The van der Waals surface area contributed by atoms with Crippen molar-refractivity contribution >= 4 is 17.4 Å². The summed E-state index contributed by atoms with van der Waals surface area (Å²) in [4.78, 5) is 28.2. The Balaban J connectivity index is 1.84. The van der Waals surface area contributed by atoms with E-state index in [1.54, 1.807) is 48.5 Å². The molecule has 3 aromatic rings. The molecular weight excluding hydrogens is 482 g/mol. The van der Waals surface area contributed by atoms with E-state index in [2.05, 4.69) is 6.58 Å². The van der Waals surface area contributed by atoms with Crippen LogP contribution in [0.25, 0.3) is 5.76 Å². The average molecular weight is 514 g/mol. The summed E-state index contributed by atoms with van der Waals surface area (Å²) in [6.07, 6.45) is 1.63. The first kappa shape index (κ1) is 26.5. The van der Waals surface area contributed by atoms with E-state index in [0.717, 1.165) is 5.56 Å². The molecular formula is C31H31NO6. The quantitative estimate of drug-likeness (QED) is 0.154. The van der Waals surface area contributed by atoms with Crippen molar-refractivity contribution in [2.75, 3.05) is 19.8 Å². The van der Waals surface area contributed by atoms with Gasteiger partial charge in [-0.25, -0.2) is 0 Å². The first-order chi connectivity index (χ1) is 18.5. The number of aliphatic hydroxyl groups excluding tert-OH is 1. The maximum Gasteiger partial charge on any atom is 0.295 e. The van der Waals surface area contributed by atoms with Gasteiger partial charge in [-0.3, -0.25) is 9.59 Å². The van der Waals surface area contributed by atoms with E-state index >= 15 is 0 Å². The molecule has 7 nitrogen and oxygen atoms in total. The number of amides is 1. The van der Waals surface area contributed by atoms with Crippen LogP contribution in [0.3, 0.4) is 0 Å². The van der Waals surface area contributed by atoms with Gasteiger partial charge >= 0.3 is 0 Å². The van der Waals surface area contributed by atoms with Crippen LogP contribution in [0.4, 0.5) is 0 Å². The third-order valence-electron chi connectivity index (χ3n) is 6.11. The Morgan fingerprint density at radius 2 is 1.63 bits per heavy atom. The fourth-order valence-corrected chi connectivity index (χ4v) is 4.43. The van der Waals surface area contributed by atoms with Crippen LogP contribution in [0.5, 0.6) is 17.2 Å². The van der Waals surface area contributed by atoms with Crippen molar-refractivity contribution in [3.63, 3.8) is 0 Å². The molecule has 0 saturated carbocycles. The lowest BCUT2D eigenvalue weighted by Crippen LogP contribution is -2.29. The molecule has 7 heteroatoms. The van der Waals surface area contributed by atoms with Gasteiger partial charge in [0.1, 0.15) is 18.1 Å². The largest absolute Gasteiger partial charge is 0.507 e. The molecule has 0 aromatic heterocycles. The fraction of sp³-hybridized carbons (Fsp3) is 0.226. The van der Waals surface area contributed by atoms with Crippen LogP contribution in [-0.2, 0) is 16.1 Å². The Bertz CT molecular complexity index is 1330. The Morgan fingerprint density at radius 3 is 2.29 bits per heavy atom. The van der Waals surface area contributed by atoms with Crippen molar-refractivity contribution in [3.05, 3.63) is 108 Å². The summed E-state index contributed by atoms with van der Waals surface area (Å²) < 4.78 is 17.0. The van der Waals surface area contributed by atoms with Crippen molar-refractivity contribution in [2.45, 2.75) is 26.4 Å². The van der Waals surface area contributed by atoms with E-state index in [1.165, 1.54) is 4.90 Å². The number of ether oxygens (including phenoxy) is 3. The van der Waals surface area contributed by atoms with E-state index in [9.17, 15) is 14.7 Å². The van der Waals surface area contributed by atoms with E-state index < -0.39 is 17.7 Å². The molecule has 1 unspecified atom stereocenters. The van der Waals surface area contributed by atoms with Gasteiger partial charge in [-0.15, -0.1) is 0 Å². The second kappa shape index (κ2) is 12.1. The first-order valence-corrected chi connectivity index (χ1v) is 12.5. The monoisotopic (exact) mass is 513 g/mol. The van der Waals surface area contributed by atoms with Crippen molar-refractivity contribution in [2.24, 2.45) is 0 Å². The van der Waals surface area contributed by atoms with Crippen molar-refractivity contribution in [1.82, 2.24) is 4.90 Å². The minimum absolute atomic E-state index is 0.0114. The van der Waals surface area contributed by atoms with Gasteiger partial charge in [0.2, 0.25) is 0 Å². The lowest BCUT2D eigenvalue weighted by atomic mass is 9.94. The summed E-state index contributed by atoms with van der Waals surface area (Å²) in [7, 11) is 0. The van der Waals surface area contributed by atoms with Crippen LogP contribution < -0.4 is 14.2 Å². The van der Waals surface area contributed by atoms with Crippen LogP contribution in [0.15, 0.2) is 91.0 Å². The molecule has 0 spiro atoms. The smallest absolute Gasteiger partial charge is 0.295 e. The minimum Gasteiger partial charge on any atom is -0.507 e. The number of carbonyl (C=O) groups excluding carboxylic acids is 2. The molecule has 0 bridgehead atoms. The molecule has 0 aliphatic carbocycles. The van der Waals surface area contributed by atoms with Crippen molar-refractivity contribution in [1.29, 1.82) is 0 Å². The molecule has 1 aliphatic rings. The van der Waals surface area contributed by atoms with E-state index in [0.29, 0.717) is 48.2 Å². The Labute approximate surface area is 222 Å². The highest BCUT2D eigenvalue weighted by atomic mass is 16.5. The average Bonchev–Trinajstić information content (AvgIpc) is 3.18. The summed E-state index contributed by atoms with van der Waals surface area (Å²) in [6.45, 7) is 8.81. The second-order valence-corrected chi connectivity index (χ2v) is 8.61. The predicted octanol–water partition coefficient (Wildman–Crippen LogP) is 5.67. The summed E-state index contributed by atoms with van der Waals surface area (Å²) in [5.41, 5.74) is 1.89. The Morgan fingerprint density at radius 1 is 0.921 bits per heavy atom. The molecule has 1 saturated heterocycles. The predicted molar refractivity (Wildman–Crippen MR) is 145 cm³/mol. The van der Waals surface area contributed by atoms with Crippen molar-refractivity contribution in [3.8, 4) is 17.2 Å². The number of hydrogen-bond donors (Lipinski definition) is 1. The zero-order valence-corrected chi connectivity index (χ0v) is 21.6. The number of hydrogen-bond acceptors (Lipinski definition) is 6. The molecule has 1 atom stereocenters. The molecule has 38 heavy (non-hydrogen) atoms. The standard InChI is InChI=1S/C31H31NO6/c1-4-18-38-25-17-14-23(19-26(25)37-6-3)28-27(29(33)22-12-15-24(16-13-22)36-5-2)30(34)31(35)32(28)20-21-10-8-7-9-11-21/h4,7-17,19,28,33H,1,5-6,18,20H2,2-3H3/b29-27+. The number of aliphatic hydroxyl groups is 1. The van der Waals surface area contributed by atoms with Gasteiger partial charge < -0.3 is 24.2 Å². The topological polar surface area (TPSA) is 85.3 Å². The van der Waals surface area contributed by atoms with Crippen LogP contribution in [0, 0.1) is 0 Å². The molecule has 196 valence electrons. The van der Waals surface area contributed by atoms with Crippen molar-refractivity contribution < 1.29 is 28.9 Å². The molecule has 3 aromatic carbocycles. The van der Waals surface area contributed by atoms with Crippen LogP contribution in [0.2, 0.25) is 0 Å². The SMILES string of the molecule is C=CCOc1ccc(C2/C(=C(\O)c3ccc(OCC)cc3)C(=O)C(=O)N2Cc2ccccc2)cc1OCC. The number of nitrogens with zero attached hydrogens (tertiary/aromatic N) is 1. The Hall–Kier alpha value is -4.52. The number of carbonyl (C=O) groups is 2. The minimum atomic E-state index is -0.838. The van der Waals surface area contributed by atoms with E-state index in [1.807, 2.05) is 44.2 Å². The van der Waals surface area contributed by atoms with E-state index in [4.69, 9.17) is 14.2 Å². The van der Waals surface area contributed by atoms with Gasteiger partial charge in [0.25, 0.3) is 11.7 Å². The summed E-state index contributed by atoms with van der Waals surface area (Å²) in [6, 6.07) is 20.6. The van der Waals surface area contributed by atoms with Gasteiger partial charge in [-0.1, -0.05) is 49.1 Å². The molecule has 1 N–H and O–H groups in total. The lowest BCUT2D eigenvalue weighted by molar-refractivity contribution is -0.140. The molecule has 1 aliphatic heterocycles. The second-order valence-electron chi connectivity index (χ2n) is 8.61. The third-order valence-corrected chi connectivity index (χ3v) is 6.11. The third kappa shape index (κ3) is 5.57. The van der Waals surface area contributed by atoms with Crippen LogP contribution in [0.1, 0.15) is 36.6 Å². The zero-order chi connectivity index (χ0) is 27.1. The van der Waals surface area contributed by atoms with Gasteiger partial charge in [0.05, 0.1) is 24.8 Å². The van der Waals surface area contributed by atoms with Crippen LogP contribution >= 0.6 is 0 Å². The molecule has 0 radical (unpaired) electrons. The normalized spacial score (nSPS) is 16.4. The number of rotatable bonds is 11. The molecule has 1 fully saturated rings. The molecule has 1 heterocycles. The summed E-state index contributed by atoms with van der Waals surface area (Å²) in [5, 5.41) is 11.4. The molecule has 4 rings (SSSR count). The maximum absolute atomic E-state index is 13.4. The first-order valence-electron chi connectivity index (χ1n) is 12.5.